The molecule has 264 valence electrons. The summed E-state index contributed by atoms with van der Waals surface area (Å²) in [5.41, 5.74) is 0.553. The Morgan fingerprint density at radius 2 is 1.61 bits per heavy atom. The van der Waals surface area contributed by atoms with Crippen molar-refractivity contribution in [1.29, 1.82) is 0 Å². The van der Waals surface area contributed by atoms with Crippen LogP contribution in [0.2, 0.25) is 5.02 Å². The first-order chi connectivity index (χ1) is 22.9. The van der Waals surface area contributed by atoms with Crippen molar-refractivity contribution in [3.05, 3.63) is 76.1 Å². The van der Waals surface area contributed by atoms with Gasteiger partial charge in [0.15, 0.2) is 28.0 Å². The van der Waals surface area contributed by atoms with Gasteiger partial charge in [-0.25, -0.2) is 8.42 Å². The molecule has 2 saturated carbocycles. The van der Waals surface area contributed by atoms with E-state index in [0.29, 0.717) is 35.4 Å². The second-order valence-electron chi connectivity index (χ2n) is 13.8. The Bertz CT molecular complexity index is 1790. The summed E-state index contributed by atoms with van der Waals surface area (Å²) in [6.07, 6.45) is -0.222. The van der Waals surface area contributed by atoms with E-state index < -0.39 is 50.1 Å². The number of benzene rings is 2. The fraction of sp³-hybridized carbons (Fsp3) is 0.514. The first kappa shape index (κ1) is 36.7. The predicted molar refractivity (Wildman–Crippen MR) is 180 cm³/mol. The second-order valence-corrected chi connectivity index (χ2v) is 16.6. The molecule has 2 aliphatic rings. The second kappa shape index (κ2) is 14.0. The van der Waals surface area contributed by atoms with Crippen molar-refractivity contribution in [3.63, 3.8) is 0 Å². The molecule has 2 fully saturated rings. The molecule has 0 aliphatic heterocycles. The molecule has 2 aliphatic carbocycles. The van der Waals surface area contributed by atoms with E-state index in [1.54, 1.807) is 50.2 Å². The molecule has 0 atom stereocenters. The molecule has 0 spiro atoms. The van der Waals surface area contributed by atoms with Crippen LogP contribution in [0.4, 0.5) is 19.1 Å². The van der Waals surface area contributed by atoms with Gasteiger partial charge in [-0.2, -0.15) is 28.1 Å². The molecule has 0 radical (unpaired) electrons. The number of hydrogen-bond acceptors (Lipinski definition) is 9. The van der Waals surface area contributed by atoms with Crippen molar-refractivity contribution >= 4 is 39.0 Å². The van der Waals surface area contributed by atoms with Crippen molar-refractivity contribution in [2.45, 2.75) is 95.0 Å². The number of rotatable bonds is 17. The molecule has 5 rings (SSSR count). The van der Waals surface area contributed by atoms with Crippen molar-refractivity contribution in [1.82, 2.24) is 15.0 Å². The van der Waals surface area contributed by atoms with Crippen LogP contribution in [0.15, 0.2) is 48.5 Å². The number of nitrogens with one attached hydrogen (secondary N) is 1. The van der Waals surface area contributed by atoms with Gasteiger partial charge in [0.25, 0.3) is 0 Å². The van der Waals surface area contributed by atoms with Crippen molar-refractivity contribution < 1.29 is 35.9 Å². The largest absolute Gasteiger partial charge is 0.454 e. The summed E-state index contributed by atoms with van der Waals surface area (Å²) in [5, 5.41) is 3.82. The van der Waals surface area contributed by atoms with Gasteiger partial charge in [-0.3, -0.25) is 9.59 Å². The average molecular weight is 721 g/mol. The lowest BCUT2D eigenvalue weighted by atomic mass is 9.82. The van der Waals surface area contributed by atoms with E-state index in [0.717, 1.165) is 24.8 Å². The first-order valence-corrected chi connectivity index (χ1v) is 18.3. The zero-order chi connectivity index (χ0) is 35.7. The maximum Gasteiger partial charge on any atom is 0.422 e. The molecule has 3 aromatic rings. The highest BCUT2D eigenvalue weighted by Crippen LogP contribution is 2.49. The number of anilines is 1. The Labute approximate surface area is 289 Å². The SMILES string of the molecule is CCCC1(S(=O)(=O)CC(=O)C(C)(C)CCC(=O)c2ccc(Cc3nc(NC4(c5ccc(Cl)cc5)CC4)nc(OCC(F)(F)F)n3)cc2)CC1. The van der Waals surface area contributed by atoms with Crippen LogP contribution in [0.3, 0.4) is 0 Å². The minimum atomic E-state index is -4.59. The molecule has 14 heteroatoms. The minimum Gasteiger partial charge on any atom is -0.454 e. The van der Waals surface area contributed by atoms with Crippen LogP contribution in [-0.4, -0.2) is 58.2 Å². The number of aromatic nitrogens is 3. The fourth-order valence-corrected chi connectivity index (χ4v) is 8.28. The predicted octanol–water partition coefficient (Wildman–Crippen LogP) is 7.46. The van der Waals surface area contributed by atoms with Gasteiger partial charge in [0, 0.05) is 28.8 Å². The van der Waals surface area contributed by atoms with Gasteiger partial charge in [0.1, 0.15) is 11.6 Å². The van der Waals surface area contributed by atoms with Gasteiger partial charge in [0.2, 0.25) is 5.95 Å². The summed E-state index contributed by atoms with van der Waals surface area (Å²) in [6.45, 7) is 3.71. The molecule has 0 unspecified atom stereocenters. The highest BCUT2D eigenvalue weighted by atomic mass is 35.5. The number of Topliss-reactive ketones (excluding diaryl/α,β-unsaturated/α-hetero) is 2. The van der Waals surface area contributed by atoms with Crippen LogP contribution in [-0.2, 0) is 26.6 Å². The molecule has 9 nitrogen and oxygen atoms in total. The lowest BCUT2D eigenvalue weighted by Gasteiger charge is -2.24. The van der Waals surface area contributed by atoms with Crippen molar-refractivity contribution in [2.24, 2.45) is 5.41 Å². The molecular weight excluding hydrogens is 681 g/mol. The Morgan fingerprint density at radius 3 is 2.18 bits per heavy atom. The molecule has 49 heavy (non-hydrogen) atoms. The minimum absolute atomic E-state index is 0.0516. The maximum atomic E-state index is 13.1. The van der Waals surface area contributed by atoms with E-state index in [1.807, 2.05) is 19.1 Å². The molecule has 2 aromatic carbocycles. The van der Waals surface area contributed by atoms with Crippen molar-refractivity contribution in [3.8, 4) is 6.01 Å². The fourth-order valence-electron chi connectivity index (χ4n) is 5.87. The number of carbonyl (C=O) groups is 2. The third-order valence-electron chi connectivity index (χ3n) is 9.39. The molecule has 0 amide bonds. The highest BCUT2D eigenvalue weighted by molar-refractivity contribution is 7.93. The third kappa shape index (κ3) is 9.16. The van der Waals surface area contributed by atoms with Crippen LogP contribution in [0.25, 0.3) is 0 Å². The monoisotopic (exact) mass is 720 g/mol. The third-order valence-corrected chi connectivity index (χ3v) is 12.2. The lowest BCUT2D eigenvalue weighted by Crippen LogP contribution is -2.36. The number of nitrogens with zero attached hydrogens (tertiary/aromatic N) is 3. The quantitative estimate of drug-likeness (QED) is 0.141. The van der Waals surface area contributed by atoms with Crippen LogP contribution < -0.4 is 10.1 Å². The average Bonchev–Trinajstić information content (AvgIpc) is 3.97. The van der Waals surface area contributed by atoms with Crippen LogP contribution in [0, 0.1) is 5.41 Å². The van der Waals surface area contributed by atoms with E-state index in [4.69, 9.17) is 16.3 Å². The number of sulfone groups is 1. The van der Waals surface area contributed by atoms with Gasteiger partial charge in [0.05, 0.1) is 10.3 Å². The summed E-state index contributed by atoms with van der Waals surface area (Å²) >= 11 is 6.03. The smallest absolute Gasteiger partial charge is 0.422 e. The number of hydrogen-bond donors (Lipinski definition) is 1. The molecule has 1 aromatic heterocycles. The topological polar surface area (TPSA) is 128 Å². The van der Waals surface area contributed by atoms with Crippen LogP contribution in [0.1, 0.15) is 99.4 Å². The summed E-state index contributed by atoms with van der Waals surface area (Å²) < 4.78 is 68.8. The lowest BCUT2D eigenvalue weighted by molar-refractivity contribution is -0.154. The van der Waals surface area contributed by atoms with Gasteiger partial charge in [-0.1, -0.05) is 75.2 Å². The number of alkyl halides is 3. The Kier molecular flexibility index (Phi) is 10.5. The summed E-state index contributed by atoms with van der Waals surface area (Å²) in [6, 6.07) is 13.4. The van der Waals surface area contributed by atoms with Crippen molar-refractivity contribution in [2.75, 3.05) is 17.7 Å². The molecule has 1 heterocycles. The number of carbonyl (C=O) groups excluding carboxylic acids is 2. The van der Waals surface area contributed by atoms with E-state index in [9.17, 15) is 31.2 Å². The zero-order valence-corrected chi connectivity index (χ0v) is 29.3. The van der Waals surface area contributed by atoms with E-state index in [2.05, 4.69) is 20.3 Å². The normalized spacial score (nSPS) is 16.6. The van der Waals surface area contributed by atoms with Crippen LogP contribution >= 0.6 is 11.6 Å². The summed E-state index contributed by atoms with van der Waals surface area (Å²) in [5.74, 6) is -0.857. The molecule has 1 N–H and O–H groups in total. The number of halogens is 4. The number of ketones is 2. The van der Waals surface area contributed by atoms with E-state index in [1.165, 1.54) is 0 Å². The Hall–Kier alpha value is -3.58. The van der Waals surface area contributed by atoms with Gasteiger partial charge in [-0.15, -0.1) is 0 Å². The van der Waals surface area contributed by atoms with Crippen LogP contribution in [0.5, 0.6) is 6.01 Å². The Balaban J connectivity index is 1.23. The van der Waals surface area contributed by atoms with Gasteiger partial charge in [-0.05, 0) is 61.8 Å². The molecule has 0 bridgehead atoms. The zero-order valence-electron chi connectivity index (χ0n) is 27.7. The Morgan fingerprint density at radius 1 is 0.959 bits per heavy atom. The maximum absolute atomic E-state index is 13.1. The van der Waals surface area contributed by atoms with Gasteiger partial charge < -0.3 is 10.1 Å². The first-order valence-electron chi connectivity index (χ1n) is 16.3. The number of ether oxygens (including phenoxy) is 1. The van der Waals surface area contributed by atoms with E-state index >= 15 is 0 Å². The standard InChI is InChI=1S/C35H40ClF3N4O5S/c1-4-14-33(16-17-33)49(46,47)21-28(45)32(2,3)15-13-27(44)24-7-5-23(6-8-24)20-29-40-30(42-31(41-29)48-22-35(37,38)39)43-34(18-19-34)25-9-11-26(36)12-10-25/h5-12H,4,13-22H2,1-3H3,(H,40,41,42,43). The molecular formula is C35H40ClF3N4O5S. The highest BCUT2D eigenvalue weighted by Gasteiger charge is 2.54. The summed E-state index contributed by atoms with van der Waals surface area (Å²) in [4.78, 5) is 38.8. The van der Waals surface area contributed by atoms with E-state index in [-0.39, 0.29) is 42.6 Å². The summed E-state index contributed by atoms with van der Waals surface area (Å²) in [7, 11) is -3.57. The molecule has 0 saturated heterocycles. The van der Waals surface area contributed by atoms with Gasteiger partial charge >= 0.3 is 12.2 Å².